The van der Waals surface area contributed by atoms with Crippen LogP contribution >= 0.6 is 23.2 Å². The minimum absolute atomic E-state index is 0.236. The second-order valence-electron chi connectivity index (χ2n) is 9.57. The third kappa shape index (κ3) is 5.75. The maximum Gasteiger partial charge on any atom is 0.331 e. The number of aryl methyl sites for hydroxylation is 1. The molecule has 4 rings (SSSR count). The van der Waals surface area contributed by atoms with Gasteiger partial charge in [-0.05, 0) is 68.8 Å². The molecule has 0 aliphatic heterocycles. The van der Waals surface area contributed by atoms with Crippen molar-refractivity contribution in [1.29, 1.82) is 5.26 Å². The Morgan fingerprint density at radius 2 is 1.83 bits per heavy atom. The van der Waals surface area contributed by atoms with Crippen molar-refractivity contribution in [1.82, 2.24) is 14.5 Å². The van der Waals surface area contributed by atoms with E-state index < -0.39 is 5.41 Å². The summed E-state index contributed by atoms with van der Waals surface area (Å²) in [7, 11) is 0. The monoisotopic (exact) mass is 524 g/mol. The summed E-state index contributed by atoms with van der Waals surface area (Å²) in [6, 6.07) is 17.9. The highest BCUT2D eigenvalue weighted by atomic mass is 35.5. The summed E-state index contributed by atoms with van der Waals surface area (Å²) in [5.41, 5.74) is 1.29. The topological polar surface area (TPSA) is 79.8 Å². The van der Waals surface area contributed by atoms with Crippen molar-refractivity contribution in [2.75, 3.05) is 6.54 Å². The highest BCUT2D eigenvalue weighted by Crippen LogP contribution is 2.42. The van der Waals surface area contributed by atoms with Crippen LogP contribution < -0.4 is 16.6 Å². The Morgan fingerprint density at radius 3 is 2.50 bits per heavy atom. The van der Waals surface area contributed by atoms with Gasteiger partial charge in [0, 0.05) is 34.4 Å². The van der Waals surface area contributed by atoms with Crippen molar-refractivity contribution in [2.45, 2.75) is 63.6 Å². The molecule has 1 aliphatic carbocycles. The molecule has 1 N–H and O–H groups in total. The first kappa shape index (κ1) is 26.2. The van der Waals surface area contributed by atoms with Gasteiger partial charge in [-0.3, -0.25) is 13.9 Å². The van der Waals surface area contributed by atoms with Gasteiger partial charge in [0.2, 0.25) is 0 Å². The van der Waals surface area contributed by atoms with E-state index in [2.05, 4.69) is 11.4 Å². The minimum Gasteiger partial charge on any atom is -0.314 e. The zero-order valence-corrected chi connectivity index (χ0v) is 21.9. The second kappa shape index (κ2) is 11.5. The van der Waals surface area contributed by atoms with E-state index in [1.54, 1.807) is 29.8 Å². The van der Waals surface area contributed by atoms with Crippen molar-refractivity contribution in [3.05, 3.63) is 102 Å². The largest absolute Gasteiger partial charge is 0.331 e. The first-order valence-electron chi connectivity index (χ1n) is 12.3. The quantitative estimate of drug-likeness (QED) is 0.417. The third-order valence-corrected chi connectivity index (χ3v) is 7.64. The fourth-order valence-electron chi connectivity index (χ4n) is 5.07. The van der Waals surface area contributed by atoms with Gasteiger partial charge < -0.3 is 5.32 Å². The van der Waals surface area contributed by atoms with Gasteiger partial charge in [-0.15, -0.1) is 0 Å². The van der Waals surface area contributed by atoms with Gasteiger partial charge in [-0.1, -0.05) is 59.6 Å². The lowest BCUT2D eigenvalue weighted by molar-refractivity contribution is 0.294. The smallest absolute Gasteiger partial charge is 0.314 e. The summed E-state index contributed by atoms with van der Waals surface area (Å²) in [6.45, 7) is 3.22. The molecule has 8 heteroatoms. The average Bonchev–Trinajstić information content (AvgIpc) is 2.88. The summed E-state index contributed by atoms with van der Waals surface area (Å²) in [5.74, 6) is 0. The van der Waals surface area contributed by atoms with Gasteiger partial charge in [-0.2, -0.15) is 5.26 Å². The van der Waals surface area contributed by atoms with Crippen LogP contribution in [0.25, 0.3) is 0 Å². The van der Waals surface area contributed by atoms with Crippen molar-refractivity contribution < 1.29 is 0 Å². The lowest BCUT2D eigenvalue weighted by Gasteiger charge is -2.36. The van der Waals surface area contributed by atoms with Crippen molar-refractivity contribution in [2.24, 2.45) is 0 Å². The average molecular weight is 525 g/mol. The van der Waals surface area contributed by atoms with Crippen molar-refractivity contribution >= 4 is 23.2 Å². The van der Waals surface area contributed by atoms with E-state index in [1.165, 1.54) is 4.57 Å². The molecule has 1 heterocycles. The summed E-state index contributed by atoms with van der Waals surface area (Å²) < 4.78 is 2.94. The molecule has 3 aromatic rings. The summed E-state index contributed by atoms with van der Waals surface area (Å²) in [4.78, 5) is 25.6. The summed E-state index contributed by atoms with van der Waals surface area (Å²) in [5, 5.41) is 14.6. The maximum absolute atomic E-state index is 13.0. The molecular weight excluding hydrogens is 495 g/mol. The van der Waals surface area contributed by atoms with Crippen LogP contribution in [0.4, 0.5) is 0 Å². The Hall–Kier alpha value is -2.85. The van der Waals surface area contributed by atoms with Gasteiger partial charge in [0.15, 0.2) is 0 Å². The molecule has 2 aromatic carbocycles. The number of rotatable bonds is 8. The number of nitriles is 1. The molecule has 36 heavy (non-hydrogen) atoms. The highest BCUT2D eigenvalue weighted by molar-refractivity contribution is 6.35. The zero-order chi connectivity index (χ0) is 25.7. The molecule has 0 radical (unpaired) electrons. The Labute approximate surface area is 221 Å². The lowest BCUT2D eigenvalue weighted by Crippen LogP contribution is -2.42. The molecule has 6 nitrogen and oxygen atoms in total. The van der Waals surface area contributed by atoms with Crippen LogP contribution in [0.2, 0.25) is 10.0 Å². The fourth-order valence-corrected chi connectivity index (χ4v) is 5.66. The van der Waals surface area contributed by atoms with Crippen molar-refractivity contribution in [3.63, 3.8) is 0 Å². The third-order valence-electron chi connectivity index (χ3n) is 7.10. The number of hydrogen-bond acceptors (Lipinski definition) is 4. The number of benzene rings is 2. The SMILES string of the molecule is Cc1cn(Cc2ccccc2)c(=O)n(CCCN[C@H]2CC[C@](C#N)(c3ccc(Cl)cc3Cl)CC2)c1=O. The predicted octanol–water partition coefficient (Wildman–Crippen LogP) is 5.06. The van der Waals surface area contributed by atoms with Gasteiger partial charge in [0.1, 0.15) is 0 Å². The second-order valence-corrected chi connectivity index (χ2v) is 10.4. The van der Waals surface area contributed by atoms with E-state index in [9.17, 15) is 14.9 Å². The van der Waals surface area contributed by atoms with Gasteiger partial charge >= 0.3 is 5.69 Å². The van der Waals surface area contributed by atoms with E-state index >= 15 is 0 Å². The molecule has 0 bridgehead atoms. The van der Waals surface area contributed by atoms with E-state index in [0.717, 1.165) is 24.0 Å². The van der Waals surface area contributed by atoms with Crippen LogP contribution in [0.5, 0.6) is 0 Å². The summed E-state index contributed by atoms with van der Waals surface area (Å²) in [6.07, 6.45) is 5.42. The maximum atomic E-state index is 13.0. The van der Waals surface area contributed by atoms with Crippen LogP contribution in [-0.2, 0) is 18.5 Å². The summed E-state index contributed by atoms with van der Waals surface area (Å²) >= 11 is 12.5. The standard InChI is InChI=1S/C28H30Cl2N4O2/c1-20-17-33(18-21-6-3-2-4-7-21)27(36)34(26(20)35)15-5-14-32-23-10-12-28(19-31,13-11-23)24-9-8-22(29)16-25(24)30/h2-4,6-9,16-17,23,32H,5,10-15,18H2,1H3/t23-,28-. The minimum atomic E-state index is -0.599. The van der Waals surface area contributed by atoms with Crippen LogP contribution in [0, 0.1) is 18.3 Å². The van der Waals surface area contributed by atoms with Crippen molar-refractivity contribution in [3.8, 4) is 6.07 Å². The molecule has 0 saturated heterocycles. The van der Waals surface area contributed by atoms with Gasteiger partial charge in [0.05, 0.1) is 18.0 Å². The predicted molar refractivity (Wildman–Crippen MR) is 144 cm³/mol. The molecule has 0 unspecified atom stereocenters. The highest BCUT2D eigenvalue weighted by Gasteiger charge is 2.38. The number of halogens is 2. The van der Waals surface area contributed by atoms with E-state index in [4.69, 9.17) is 23.2 Å². The normalized spacial score (nSPS) is 19.7. The molecule has 1 fully saturated rings. The van der Waals surface area contributed by atoms with Crippen LogP contribution in [-0.4, -0.2) is 21.7 Å². The van der Waals surface area contributed by atoms with Gasteiger partial charge in [-0.25, -0.2) is 4.79 Å². The van der Waals surface area contributed by atoms with E-state index in [1.807, 2.05) is 36.4 Å². The Bertz CT molecular complexity index is 1370. The molecule has 0 atom stereocenters. The molecule has 0 spiro atoms. The molecule has 188 valence electrons. The number of nitrogens with zero attached hydrogens (tertiary/aromatic N) is 3. The van der Waals surface area contributed by atoms with Crippen LogP contribution in [0.1, 0.15) is 48.8 Å². The lowest BCUT2D eigenvalue weighted by atomic mass is 9.69. The zero-order valence-electron chi connectivity index (χ0n) is 20.3. The van der Waals surface area contributed by atoms with Crippen LogP contribution in [0.3, 0.4) is 0 Å². The van der Waals surface area contributed by atoms with E-state index in [0.29, 0.717) is 54.5 Å². The first-order valence-corrected chi connectivity index (χ1v) is 13.0. The molecule has 1 aliphatic rings. The Balaban J connectivity index is 1.34. The number of nitrogens with one attached hydrogen (secondary N) is 1. The van der Waals surface area contributed by atoms with Gasteiger partial charge in [0.25, 0.3) is 5.56 Å². The van der Waals surface area contributed by atoms with Crippen LogP contribution in [0.15, 0.2) is 64.3 Å². The molecular formula is C28H30Cl2N4O2. The number of hydrogen-bond donors (Lipinski definition) is 1. The molecule has 1 saturated carbocycles. The first-order chi connectivity index (χ1) is 17.3. The van der Waals surface area contributed by atoms with E-state index in [-0.39, 0.29) is 17.3 Å². The molecule has 0 amide bonds. The Kier molecular flexibility index (Phi) is 8.35. The fraction of sp³-hybridized carbons (Fsp3) is 0.393. The molecule has 1 aromatic heterocycles. The Morgan fingerprint density at radius 1 is 1.11 bits per heavy atom. The number of aromatic nitrogens is 2.